The van der Waals surface area contributed by atoms with Gasteiger partial charge in [0.2, 0.25) is 0 Å². The van der Waals surface area contributed by atoms with E-state index in [1.807, 2.05) is 6.26 Å². The Balaban J connectivity index is 2.99. The highest BCUT2D eigenvalue weighted by Gasteiger charge is 2.18. The molecule has 7 heteroatoms. The van der Waals surface area contributed by atoms with E-state index in [2.05, 4.69) is 15.3 Å². The molecule has 1 aromatic heterocycles. The average Bonchev–Trinajstić information content (AvgIpc) is 2.35. The van der Waals surface area contributed by atoms with E-state index in [-0.39, 0.29) is 18.7 Å². The number of carbonyl (C=O) groups excluding carboxylic acids is 1. The Bertz CT molecular complexity index is 446. The molecule has 0 atom stereocenters. The van der Waals surface area contributed by atoms with E-state index in [9.17, 15) is 9.90 Å². The van der Waals surface area contributed by atoms with Crippen LogP contribution < -0.4 is 5.32 Å². The zero-order valence-electron chi connectivity index (χ0n) is 11.6. The van der Waals surface area contributed by atoms with Crippen LogP contribution in [-0.2, 0) is 4.74 Å². The largest absolute Gasteiger partial charge is 0.462 e. The molecule has 0 bridgehead atoms. The summed E-state index contributed by atoms with van der Waals surface area (Å²) in [6.45, 7) is 5.62. The number of ether oxygens (including phenoxy) is 1. The number of nitrogens with one attached hydrogen (secondary N) is 1. The lowest BCUT2D eigenvalue weighted by atomic mass is 10.1. The second-order valence-corrected chi connectivity index (χ2v) is 5.28. The molecule has 0 aliphatic heterocycles. The molecule has 2 N–H and O–H groups in total. The second-order valence-electron chi connectivity index (χ2n) is 4.51. The molecule has 6 nitrogen and oxygen atoms in total. The van der Waals surface area contributed by atoms with E-state index in [0.717, 1.165) is 0 Å². The maximum absolute atomic E-state index is 11.8. The van der Waals surface area contributed by atoms with Crippen molar-refractivity contribution in [2.24, 2.45) is 0 Å². The van der Waals surface area contributed by atoms with Gasteiger partial charge in [0, 0.05) is 12.7 Å². The highest BCUT2D eigenvalue weighted by Crippen LogP contribution is 2.18. The van der Waals surface area contributed by atoms with Crippen LogP contribution in [0.2, 0.25) is 0 Å². The van der Waals surface area contributed by atoms with Gasteiger partial charge in [-0.15, -0.1) is 0 Å². The molecule has 0 radical (unpaired) electrons. The Hall–Kier alpha value is -1.34. The van der Waals surface area contributed by atoms with Crippen LogP contribution in [0.15, 0.2) is 11.4 Å². The number of rotatable bonds is 6. The van der Waals surface area contributed by atoms with Crippen molar-refractivity contribution in [2.75, 3.05) is 24.7 Å². The fourth-order valence-corrected chi connectivity index (χ4v) is 1.60. The lowest BCUT2D eigenvalue weighted by Gasteiger charge is -2.19. The number of thioether (sulfide) groups is 1. The van der Waals surface area contributed by atoms with Gasteiger partial charge in [-0.25, -0.2) is 14.8 Å². The van der Waals surface area contributed by atoms with Gasteiger partial charge in [0.05, 0.1) is 12.2 Å². The number of nitrogens with zero attached hydrogens (tertiary/aromatic N) is 2. The van der Waals surface area contributed by atoms with Gasteiger partial charge >= 0.3 is 5.97 Å². The molecular weight excluding hydrogens is 266 g/mol. The zero-order chi connectivity index (χ0) is 14.5. The van der Waals surface area contributed by atoms with Gasteiger partial charge in [0.1, 0.15) is 11.4 Å². The molecule has 0 fully saturated rings. The quantitative estimate of drug-likeness (QED) is 0.466. The number of hydrogen-bond acceptors (Lipinski definition) is 7. The van der Waals surface area contributed by atoms with E-state index in [1.54, 1.807) is 20.8 Å². The van der Waals surface area contributed by atoms with Crippen LogP contribution in [0.4, 0.5) is 5.82 Å². The standard InChI is InChI=1S/C12H19N3O3S/c1-5-18-10(16)8-6-13-11(19-4)15-9(8)14-7-12(2,3)17/h6,17H,5,7H2,1-4H3,(H,13,14,15). The summed E-state index contributed by atoms with van der Waals surface area (Å²) in [5.74, 6) is -0.103. The smallest absolute Gasteiger partial charge is 0.343 e. The third kappa shape index (κ3) is 5.04. The maximum Gasteiger partial charge on any atom is 0.343 e. The zero-order valence-corrected chi connectivity index (χ0v) is 12.4. The van der Waals surface area contributed by atoms with Gasteiger partial charge in [-0.05, 0) is 27.0 Å². The van der Waals surface area contributed by atoms with Crippen LogP contribution in [0, 0.1) is 0 Å². The van der Waals surface area contributed by atoms with Crippen LogP contribution in [-0.4, -0.2) is 46.1 Å². The number of hydrogen-bond donors (Lipinski definition) is 2. The Morgan fingerprint density at radius 1 is 1.58 bits per heavy atom. The predicted molar refractivity (Wildman–Crippen MR) is 74.6 cm³/mol. The van der Waals surface area contributed by atoms with E-state index < -0.39 is 11.6 Å². The van der Waals surface area contributed by atoms with Crippen molar-refractivity contribution in [3.63, 3.8) is 0 Å². The summed E-state index contributed by atoms with van der Waals surface area (Å²) in [5, 5.41) is 13.2. The normalized spacial score (nSPS) is 11.2. The summed E-state index contributed by atoms with van der Waals surface area (Å²) in [7, 11) is 0. The van der Waals surface area contributed by atoms with Crippen molar-refractivity contribution >= 4 is 23.5 Å². The molecule has 1 aromatic rings. The van der Waals surface area contributed by atoms with Gasteiger partial charge in [0.25, 0.3) is 0 Å². The minimum atomic E-state index is -0.906. The topological polar surface area (TPSA) is 84.3 Å². The fourth-order valence-electron chi connectivity index (χ4n) is 1.26. The molecule has 0 spiro atoms. The number of carbonyl (C=O) groups is 1. The summed E-state index contributed by atoms with van der Waals surface area (Å²) in [6.07, 6.45) is 3.28. The summed E-state index contributed by atoms with van der Waals surface area (Å²) in [5.41, 5.74) is -0.639. The van der Waals surface area contributed by atoms with E-state index in [0.29, 0.717) is 11.0 Å². The number of aromatic nitrogens is 2. The Kier molecular flexibility index (Phi) is 5.56. The molecule has 0 unspecified atom stereocenters. The minimum Gasteiger partial charge on any atom is -0.462 e. The molecular formula is C12H19N3O3S. The van der Waals surface area contributed by atoms with Gasteiger partial charge in [-0.3, -0.25) is 0 Å². The molecule has 0 aliphatic rings. The minimum absolute atomic E-state index is 0.268. The summed E-state index contributed by atoms with van der Waals surface area (Å²) in [4.78, 5) is 20.1. The van der Waals surface area contributed by atoms with Crippen molar-refractivity contribution in [1.82, 2.24) is 9.97 Å². The Morgan fingerprint density at radius 2 is 2.26 bits per heavy atom. The maximum atomic E-state index is 11.8. The van der Waals surface area contributed by atoms with Crippen LogP contribution in [0.5, 0.6) is 0 Å². The molecule has 0 saturated carbocycles. The Labute approximate surface area is 117 Å². The van der Waals surface area contributed by atoms with Crippen molar-refractivity contribution in [3.8, 4) is 0 Å². The van der Waals surface area contributed by atoms with E-state index in [1.165, 1.54) is 18.0 Å². The van der Waals surface area contributed by atoms with Crippen molar-refractivity contribution in [2.45, 2.75) is 31.5 Å². The third-order valence-electron chi connectivity index (χ3n) is 2.13. The van der Waals surface area contributed by atoms with E-state index >= 15 is 0 Å². The molecule has 1 rings (SSSR count). The number of esters is 1. The molecule has 0 saturated heterocycles. The molecule has 0 aromatic carbocycles. The van der Waals surface area contributed by atoms with Crippen LogP contribution >= 0.6 is 11.8 Å². The first-order valence-electron chi connectivity index (χ1n) is 5.91. The first-order valence-corrected chi connectivity index (χ1v) is 7.14. The van der Waals surface area contributed by atoms with Crippen LogP contribution in [0.1, 0.15) is 31.1 Å². The molecule has 1 heterocycles. The van der Waals surface area contributed by atoms with Crippen molar-refractivity contribution in [1.29, 1.82) is 0 Å². The summed E-state index contributed by atoms with van der Waals surface area (Å²) >= 11 is 1.37. The number of anilines is 1. The van der Waals surface area contributed by atoms with Crippen molar-refractivity contribution in [3.05, 3.63) is 11.8 Å². The van der Waals surface area contributed by atoms with Crippen LogP contribution in [0.25, 0.3) is 0 Å². The third-order valence-corrected chi connectivity index (χ3v) is 2.69. The lowest BCUT2D eigenvalue weighted by molar-refractivity contribution is 0.0525. The monoisotopic (exact) mass is 285 g/mol. The van der Waals surface area contributed by atoms with Gasteiger partial charge in [-0.1, -0.05) is 11.8 Å². The number of aliphatic hydroxyl groups is 1. The first kappa shape index (κ1) is 15.7. The fraction of sp³-hybridized carbons (Fsp3) is 0.583. The highest BCUT2D eigenvalue weighted by atomic mass is 32.2. The lowest BCUT2D eigenvalue weighted by Crippen LogP contribution is -2.30. The van der Waals surface area contributed by atoms with E-state index in [4.69, 9.17) is 4.74 Å². The van der Waals surface area contributed by atoms with Gasteiger partial charge < -0.3 is 15.2 Å². The molecule has 19 heavy (non-hydrogen) atoms. The molecule has 106 valence electrons. The Morgan fingerprint density at radius 3 is 2.79 bits per heavy atom. The van der Waals surface area contributed by atoms with Gasteiger partial charge in [-0.2, -0.15) is 0 Å². The van der Waals surface area contributed by atoms with Crippen LogP contribution in [0.3, 0.4) is 0 Å². The summed E-state index contributed by atoms with van der Waals surface area (Å²) in [6, 6.07) is 0. The SMILES string of the molecule is CCOC(=O)c1cnc(SC)nc1NCC(C)(C)O. The molecule has 0 amide bonds. The summed E-state index contributed by atoms with van der Waals surface area (Å²) < 4.78 is 4.95. The second kappa shape index (κ2) is 6.72. The predicted octanol–water partition coefficient (Wildman–Crippen LogP) is 1.56. The average molecular weight is 285 g/mol. The highest BCUT2D eigenvalue weighted by molar-refractivity contribution is 7.98. The van der Waals surface area contributed by atoms with Crippen molar-refractivity contribution < 1.29 is 14.6 Å². The molecule has 0 aliphatic carbocycles. The first-order chi connectivity index (χ1) is 8.87. The van der Waals surface area contributed by atoms with Gasteiger partial charge in [0.15, 0.2) is 5.16 Å².